The molecule has 1 amide bonds. The van der Waals surface area contributed by atoms with Crippen molar-refractivity contribution in [2.75, 3.05) is 17.2 Å². The molecule has 0 aliphatic carbocycles. The number of aromatic nitrogens is 2. The number of amides is 1. The zero-order valence-corrected chi connectivity index (χ0v) is 12.2. The van der Waals surface area contributed by atoms with Crippen molar-refractivity contribution in [2.24, 2.45) is 0 Å². The highest BCUT2D eigenvalue weighted by Gasteiger charge is 2.15. The fraction of sp³-hybridized carbons (Fsp3) is 0.267. The molecule has 0 aliphatic heterocycles. The lowest BCUT2D eigenvalue weighted by molar-refractivity contribution is 0.102. The Morgan fingerprint density at radius 2 is 2.10 bits per heavy atom. The number of halogens is 1. The van der Waals surface area contributed by atoms with Crippen LogP contribution in [0.5, 0.6) is 0 Å². The lowest BCUT2D eigenvalue weighted by Crippen LogP contribution is -2.17. The molecule has 2 aromatic heterocycles. The SMILES string of the molecule is CCNc1ncc(F)cc1C(=O)Nc1ccc(C)nc1C. The van der Waals surface area contributed by atoms with Crippen LogP contribution in [0.4, 0.5) is 15.9 Å². The smallest absolute Gasteiger partial charge is 0.259 e. The first-order valence-corrected chi connectivity index (χ1v) is 6.66. The van der Waals surface area contributed by atoms with Gasteiger partial charge in [-0.1, -0.05) is 0 Å². The Hall–Kier alpha value is -2.50. The molecule has 21 heavy (non-hydrogen) atoms. The van der Waals surface area contributed by atoms with Gasteiger partial charge < -0.3 is 10.6 Å². The van der Waals surface area contributed by atoms with Gasteiger partial charge in [-0.15, -0.1) is 0 Å². The second-order valence-corrected chi connectivity index (χ2v) is 4.62. The molecule has 0 saturated heterocycles. The molecule has 110 valence electrons. The first-order valence-electron chi connectivity index (χ1n) is 6.66. The van der Waals surface area contributed by atoms with Gasteiger partial charge in [-0.05, 0) is 39.0 Å². The minimum atomic E-state index is -0.555. The van der Waals surface area contributed by atoms with Crippen molar-refractivity contribution >= 4 is 17.4 Å². The summed E-state index contributed by atoms with van der Waals surface area (Å²) in [5.74, 6) is -0.624. The van der Waals surface area contributed by atoms with Crippen molar-refractivity contribution in [1.82, 2.24) is 9.97 Å². The molecule has 2 heterocycles. The monoisotopic (exact) mass is 288 g/mol. The van der Waals surface area contributed by atoms with E-state index < -0.39 is 11.7 Å². The van der Waals surface area contributed by atoms with Crippen LogP contribution in [-0.2, 0) is 0 Å². The summed E-state index contributed by atoms with van der Waals surface area (Å²) in [5, 5.41) is 5.67. The summed E-state index contributed by atoms with van der Waals surface area (Å²) in [6, 6.07) is 4.74. The van der Waals surface area contributed by atoms with E-state index in [9.17, 15) is 9.18 Å². The lowest BCUT2D eigenvalue weighted by atomic mass is 10.2. The molecule has 0 unspecified atom stereocenters. The topological polar surface area (TPSA) is 66.9 Å². The number of carbonyl (C=O) groups is 1. The number of aryl methyl sites for hydroxylation is 2. The number of hydrogen-bond acceptors (Lipinski definition) is 4. The molecular formula is C15H17FN4O. The maximum atomic E-state index is 13.3. The second kappa shape index (κ2) is 6.30. The number of nitrogens with zero attached hydrogens (tertiary/aromatic N) is 2. The molecule has 0 bridgehead atoms. The molecule has 2 rings (SSSR count). The molecule has 0 radical (unpaired) electrons. The molecule has 0 aliphatic rings. The van der Waals surface area contributed by atoms with Gasteiger partial charge in [0.05, 0.1) is 23.1 Å². The Labute approximate surface area is 122 Å². The van der Waals surface area contributed by atoms with Crippen molar-refractivity contribution in [2.45, 2.75) is 20.8 Å². The van der Waals surface area contributed by atoms with Crippen molar-refractivity contribution in [3.63, 3.8) is 0 Å². The highest BCUT2D eigenvalue weighted by molar-refractivity contribution is 6.07. The van der Waals surface area contributed by atoms with Crippen LogP contribution in [0, 0.1) is 19.7 Å². The van der Waals surface area contributed by atoms with Gasteiger partial charge in [-0.25, -0.2) is 9.37 Å². The van der Waals surface area contributed by atoms with Gasteiger partial charge in [0, 0.05) is 12.2 Å². The van der Waals surface area contributed by atoms with Crippen LogP contribution >= 0.6 is 0 Å². The normalized spacial score (nSPS) is 10.3. The van der Waals surface area contributed by atoms with E-state index in [1.807, 2.05) is 13.8 Å². The van der Waals surface area contributed by atoms with Crippen molar-refractivity contribution in [3.05, 3.63) is 47.2 Å². The van der Waals surface area contributed by atoms with Gasteiger partial charge in [-0.2, -0.15) is 0 Å². The zero-order valence-electron chi connectivity index (χ0n) is 12.2. The standard InChI is InChI=1S/C15H17FN4O/c1-4-17-14-12(7-11(16)8-18-14)15(21)20-13-6-5-9(2)19-10(13)3/h5-8H,4H2,1-3H3,(H,17,18)(H,20,21). The summed E-state index contributed by atoms with van der Waals surface area (Å²) in [4.78, 5) is 20.5. The van der Waals surface area contributed by atoms with Gasteiger partial charge in [0.2, 0.25) is 0 Å². The molecule has 0 fully saturated rings. The molecule has 2 N–H and O–H groups in total. The van der Waals surface area contributed by atoms with E-state index in [-0.39, 0.29) is 5.56 Å². The third kappa shape index (κ3) is 3.53. The van der Waals surface area contributed by atoms with Crippen LogP contribution in [0.15, 0.2) is 24.4 Å². The highest BCUT2D eigenvalue weighted by atomic mass is 19.1. The third-order valence-corrected chi connectivity index (χ3v) is 2.92. The molecule has 0 atom stereocenters. The van der Waals surface area contributed by atoms with Crippen LogP contribution in [0.3, 0.4) is 0 Å². The van der Waals surface area contributed by atoms with E-state index in [1.54, 1.807) is 19.1 Å². The summed E-state index contributed by atoms with van der Waals surface area (Å²) >= 11 is 0. The van der Waals surface area contributed by atoms with E-state index in [4.69, 9.17) is 0 Å². The molecular weight excluding hydrogens is 271 g/mol. The van der Waals surface area contributed by atoms with Gasteiger partial charge in [-0.3, -0.25) is 9.78 Å². The quantitative estimate of drug-likeness (QED) is 0.907. The number of pyridine rings is 2. The average Bonchev–Trinajstić information content (AvgIpc) is 2.44. The van der Waals surface area contributed by atoms with Gasteiger partial charge in [0.25, 0.3) is 5.91 Å². The van der Waals surface area contributed by atoms with Crippen LogP contribution in [-0.4, -0.2) is 22.4 Å². The van der Waals surface area contributed by atoms with E-state index in [1.165, 1.54) is 0 Å². The Morgan fingerprint density at radius 1 is 1.33 bits per heavy atom. The minimum Gasteiger partial charge on any atom is -0.370 e. The molecule has 0 spiro atoms. The second-order valence-electron chi connectivity index (χ2n) is 4.62. The summed E-state index contributed by atoms with van der Waals surface area (Å²) in [7, 11) is 0. The molecule has 6 heteroatoms. The first-order chi connectivity index (χ1) is 10.0. The molecule has 2 aromatic rings. The maximum Gasteiger partial charge on any atom is 0.259 e. The van der Waals surface area contributed by atoms with Crippen molar-refractivity contribution in [1.29, 1.82) is 0 Å². The fourth-order valence-corrected chi connectivity index (χ4v) is 1.93. The van der Waals surface area contributed by atoms with E-state index in [2.05, 4.69) is 20.6 Å². The van der Waals surface area contributed by atoms with E-state index >= 15 is 0 Å². The summed E-state index contributed by atoms with van der Waals surface area (Å²) < 4.78 is 13.3. The Kier molecular flexibility index (Phi) is 4.47. The number of nitrogens with one attached hydrogen (secondary N) is 2. The zero-order chi connectivity index (χ0) is 15.4. The van der Waals surface area contributed by atoms with Crippen LogP contribution in [0.2, 0.25) is 0 Å². The van der Waals surface area contributed by atoms with Crippen LogP contribution in [0.25, 0.3) is 0 Å². The lowest BCUT2D eigenvalue weighted by Gasteiger charge is -2.11. The number of rotatable bonds is 4. The number of hydrogen-bond donors (Lipinski definition) is 2. The third-order valence-electron chi connectivity index (χ3n) is 2.92. The van der Waals surface area contributed by atoms with E-state index in [0.717, 1.165) is 18.0 Å². The molecule has 0 aromatic carbocycles. The molecule has 0 saturated carbocycles. The Bertz CT molecular complexity index is 673. The Balaban J connectivity index is 2.29. The van der Waals surface area contributed by atoms with Gasteiger partial charge in [0.1, 0.15) is 11.6 Å². The Morgan fingerprint density at radius 3 is 2.76 bits per heavy atom. The predicted molar refractivity (Wildman–Crippen MR) is 80.0 cm³/mol. The van der Waals surface area contributed by atoms with Gasteiger partial charge >= 0.3 is 0 Å². The van der Waals surface area contributed by atoms with E-state index in [0.29, 0.717) is 23.7 Å². The summed E-state index contributed by atoms with van der Waals surface area (Å²) in [6.45, 7) is 6.14. The summed E-state index contributed by atoms with van der Waals surface area (Å²) in [5.41, 5.74) is 2.33. The largest absolute Gasteiger partial charge is 0.370 e. The van der Waals surface area contributed by atoms with Crippen molar-refractivity contribution < 1.29 is 9.18 Å². The van der Waals surface area contributed by atoms with Crippen molar-refractivity contribution in [3.8, 4) is 0 Å². The minimum absolute atomic E-state index is 0.164. The molecule has 5 nitrogen and oxygen atoms in total. The van der Waals surface area contributed by atoms with Gasteiger partial charge in [0.15, 0.2) is 0 Å². The van der Waals surface area contributed by atoms with Crippen LogP contribution < -0.4 is 10.6 Å². The fourth-order valence-electron chi connectivity index (χ4n) is 1.93. The summed E-state index contributed by atoms with van der Waals surface area (Å²) in [6.07, 6.45) is 1.08. The highest BCUT2D eigenvalue weighted by Crippen LogP contribution is 2.18. The number of anilines is 2. The maximum absolute atomic E-state index is 13.3. The first kappa shape index (κ1) is 14.9. The van der Waals surface area contributed by atoms with Crippen LogP contribution in [0.1, 0.15) is 28.7 Å². The predicted octanol–water partition coefficient (Wildman–Crippen LogP) is 2.92. The average molecular weight is 288 g/mol. The number of carbonyl (C=O) groups excluding carboxylic acids is 1.